The summed E-state index contributed by atoms with van der Waals surface area (Å²) in [5, 5.41) is 2.89. The monoisotopic (exact) mass is 384 g/mol. The zero-order valence-corrected chi connectivity index (χ0v) is 16.9. The Balaban J connectivity index is 1.92. The maximum atomic E-state index is 12.5. The van der Waals surface area contributed by atoms with Gasteiger partial charge < -0.3 is 20.1 Å². The van der Waals surface area contributed by atoms with Gasteiger partial charge in [-0.3, -0.25) is 9.59 Å². The lowest BCUT2D eigenvalue weighted by atomic mass is 9.99. The van der Waals surface area contributed by atoms with Crippen LogP contribution in [0.15, 0.2) is 25.0 Å². The van der Waals surface area contributed by atoms with Gasteiger partial charge in [-0.15, -0.1) is 0 Å². The number of amides is 2. The number of carbonyl (C=O) groups is 2. The summed E-state index contributed by atoms with van der Waals surface area (Å²) in [5.74, 6) is 0.808. The number of fused-ring (bicyclic) bond motifs is 1. The predicted octanol–water partition coefficient (Wildman–Crippen LogP) is 1.96. The van der Waals surface area contributed by atoms with Gasteiger partial charge in [0.2, 0.25) is 5.91 Å². The first-order valence-corrected chi connectivity index (χ1v) is 9.64. The lowest BCUT2D eigenvalue weighted by molar-refractivity contribution is -0.127. The second-order valence-electron chi connectivity index (χ2n) is 7.75. The minimum atomic E-state index is -0.172. The highest BCUT2D eigenvalue weighted by Crippen LogP contribution is 2.25. The number of nitrogens with zero attached hydrogens (tertiary/aromatic N) is 4. The summed E-state index contributed by atoms with van der Waals surface area (Å²) in [4.78, 5) is 40.8. The Hall–Kier alpha value is -2.90. The number of carbonyl (C=O) groups excluding carboxylic acids is 2. The van der Waals surface area contributed by atoms with Crippen LogP contribution in [0.1, 0.15) is 38.1 Å². The van der Waals surface area contributed by atoms with Crippen molar-refractivity contribution in [1.29, 1.82) is 0 Å². The quantitative estimate of drug-likeness (QED) is 0.769. The number of anilines is 1. The number of aromatic nitrogens is 3. The van der Waals surface area contributed by atoms with Crippen LogP contribution in [0.3, 0.4) is 0 Å². The molecular weight excluding hydrogens is 356 g/mol. The molecule has 8 heteroatoms. The largest absolute Gasteiger partial charge is 0.350 e. The molecule has 1 fully saturated rings. The highest BCUT2D eigenvalue weighted by molar-refractivity contribution is 6.04. The molecule has 0 aliphatic carbocycles. The number of hydrogen-bond acceptors (Lipinski definition) is 5. The van der Waals surface area contributed by atoms with E-state index in [2.05, 4.69) is 40.6 Å². The first kappa shape index (κ1) is 19.9. The van der Waals surface area contributed by atoms with E-state index in [9.17, 15) is 9.59 Å². The number of rotatable bonds is 5. The predicted molar refractivity (Wildman–Crippen MR) is 109 cm³/mol. The smallest absolute Gasteiger partial charge is 0.255 e. The van der Waals surface area contributed by atoms with Gasteiger partial charge in [-0.05, 0) is 25.8 Å². The van der Waals surface area contributed by atoms with E-state index >= 15 is 0 Å². The Morgan fingerprint density at radius 1 is 1.32 bits per heavy atom. The molecule has 8 nitrogen and oxygen atoms in total. The molecule has 0 spiro atoms. The number of hydrogen-bond donors (Lipinski definition) is 2. The second-order valence-corrected chi connectivity index (χ2v) is 7.75. The van der Waals surface area contributed by atoms with Gasteiger partial charge in [-0.1, -0.05) is 20.4 Å². The van der Waals surface area contributed by atoms with Crippen molar-refractivity contribution >= 4 is 28.8 Å². The van der Waals surface area contributed by atoms with E-state index in [1.807, 2.05) is 18.7 Å². The minimum absolute atomic E-state index is 0.0365. The Kier molecular flexibility index (Phi) is 5.67. The first-order chi connectivity index (χ1) is 13.3. The second kappa shape index (κ2) is 8.00. The van der Waals surface area contributed by atoms with Gasteiger partial charge in [-0.2, -0.15) is 0 Å². The molecule has 0 bridgehead atoms. The minimum Gasteiger partial charge on any atom is -0.350 e. The summed E-state index contributed by atoms with van der Waals surface area (Å²) in [6.45, 7) is 13.5. The molecular formula is C20H28N6O2. The molecule has 3 rings (SSSR count). The van der Waals surface area contributed by atoms with Crippen LogP contribution in [-0.2, 0) is 4.79 Å². The summed E-state index contributed by atoms with van der Waals surface area (Å²) in [5.41, 5.74) is 1.63. The number of H-pyrrole nitrogens is 1. The van der Waals surface area contributed by atoms with Crippen molar-refractivity contribution in [1.82, 2.24) is 25.2 Å². The Morgan fingerprint density at radius 2 is 2.07 bits per heavy atom. The van der Waals surface area contributed by atoms with E-state index in [1.54, 1.807) is 12.4 Å². The molecule has 1 aliphatic rings. The molecule has 150 valence electrons. The van der Waals surface area contributed by atoms with Gasteiger partial charge in [0, 0.05) is 31.9 Å². The van der Waals surface area contributed by atoms with E-state index in [4.69, 9.17) is 4.98 Å². The summed E-state index contributed by atoms with van der Waals surface area (Å²) in [7, 11) is 0. The third-order valence-corrected chi connectivity index (χ3v) is 5.00. The van der Waals surface area contributed by atoms with E-state index in [1.165, 1.54) is 6.08 Å². The van der Waals surface area contributed by atoms with Gasteiger partial charge in [0.1, 0.15) is 11.3 Å². The van der Waals surface area contributed by atoms with Gasteiger partial charge in [0.15, 0.2) is 5.65 Å². The summed E-state index contributed by atoms with van der Waals surface area (Å²) >= 11 is 0. The van der Waals surface area contributed by atoms with Crippen molar-refractivity contribution in [2.24, 2.45) is 5.92 Å². The van der Waals surface area contributed by atoms with Crippen molar-refractivity contribution in [2.45, 2.75) is 39.8 Å². The molecule has 2 aromatic rings. The van der Waals surface area contributed by atoms with Crippen molar-refractivity contribution in [2.75, 3.05) is 24.5 Å². The lowest BCUT2D eigenvalue weighted by Crippen LogP contribution is -2.56. The fourth-order valence-electron chi connectivity index (χ4n) is 3.53. The molecule has 1 atom stereocenters. The number of aromatic amines is 1. The molecule has 1 saturated heterocycles. The van der Waals surface area contributed by atoms with Crippen molar-refractivity contribution in [3.8, 4) is 0 Å². The van der Waals surface area contributed by atoms with Crippen molar-refractivity contribution < 1.29 is 9.59 Å². The average molecular weight is 384 g/mol. The van der Waals surface area contributed by atoms with Crippen molar-refractivity contribution in [3.63, 3.8) is 0 Å². The van der Waals surface area contributed by atoms with Crippen LogP contribution < -0.4 is 10.2 Å². The van der Waals surface area contributed by atoms with Crippen LogP contribution in [-0.4, -0.2) is 63.4 Å². The van der Waals surface area contributed by atoms with Gasteiger partial charge in [0.05, 0.1) is 17.8 Å². The summed E-state index contributed by atoms with van der Waals surface area (Å²) < 4.78 is 0. The molecule has 0 saturated carbocycles. The van der Waals surface area contributed by atoms with Crippen LogP contribution >= 0.6 is 0 Å². The third kappa shape index (κ3) is 3.85. The molecule has 28 heavy (non-hydrogen) atoms. The van der Waals surface area contributed by atoms with Crippen LogP contribution in [0.2, 0.25) is 0 Å². The fourth-order valence-corrected chi connectivity index (χ4v) is 3.53. The third-order valence-electron chi connectivity index (χ3n) is 5.00. The van der Waals surface area contributed by atoms with Gasteiger partial charge in [-0.25, -0.2) is 9.97 Å². The van der Waals surface area contributed by atoms with Gasteiger partial charge >= 0.3 is 0 Å². The number of piperazine rings is 1. The Labute approximate surface area is 165 Å². The zero-order valence-electron chi connectivity index (χ0n) is 16.9. The van der Waals surface area contributed by atoms with Crippen LogP contribution in [0.25, 0.3) is 11.2 Å². The molecule has 0 radical (unpaired) electrons. The average Bonchev–Trinajstić information content (AvgIpc) is 3.09. The zero-order chi connectivity index (χ0) is 20.4. The molecule has 2 N–H and O–H groups in total. The maximum Gasteiger partial charge on any atom is 0.255 e. The SMILES string of the molecule is C=CC(=O)N1CCN(c2cnc3[nH]cc(C(=O)NC(C)C)c3n2)[C@@H](C(C)C)C1. The molecule has 1 aliphatic heterocycles. The highest BCUT2D eigenvalue weighted by atomic mass is 16.2. The normalized spacial score (nSPS) is 17.4. The lowest BCUT2D eigenvalue weighted by Gasteiger charge is -2.43. The molecule has 2 aromatic heterocycles. The van der Waals surface area contributed by atoms with E-state index in [-0.39, 0.29) is 23.9 Å². The maximum absolute atomic E-state index is 12.5. The topological polar surface area (TPSA) is 94.2 Å². The van der Waals surface area contributed by atoms with Crippen LogP contribution in [0, 0.1) is 5.92 Å². The summed E-state index contributed by atoms with van der Waals surface area (Å²) in [6.07, 6.45) is 4.73. The number of nitrogens with one attached hydrogen (secondary N) is 2. The first-order valence-electron chi connectivity index (χ1n) is 9.64. The molecule has 3 heterocycles. The van der Waals surface area contributed by atoms with Crippen LogP contribution in [0.4, 0.5) is 5.82 Å². The van der Waals surface area contributed by atoms with E-state index < -0.39 is 0 Å². The standard InChI is InChI=1S/C20H28N6O2/c1-6-17(27)25-7-8-26(15(11-25)12(2)3)16-10-22-19-18(24-16)14(9-21-19)20(28)23-13(4)5/h6,9-10,12-13,15H,1,7-8,11H2,2-5H3,(H,21,22)(H,23,28)/t15-/m1/s1. The molecule has 2 amide bonds. The Morgan fingerprint density at radius 3 is 2.71 bits per heavy atom. The van der Waals surface area contributed by atoms with E-state index in [0.717, 1.165) is 5.82 Å². The Bertz CT molecular complexity index is 888. The van der Waals surface area contributed by atoms with Gasteiger partial charge in [0.25, 0.3) is 5.91 Å². The van der Waals surface area contributed by atoms with Crippen LogP contribution in [0.5, 0.6) is 0 Å². The molecule has 0 aromatic carbocycles. The van der Waals surface area contributed by atoms with Crippen molar-refractivity contribution in [3.05, 3.63) is 30.6 Å². The fraction of sp³-hybridized carbons (Fsp3) is 0.500. The summed E-state index contributed by atoms with van der Waals surface area (Å²) in [6, 6.07) is 0.144. The molecule has 0 unspecified atom stereocenters. The van der Waals surface area contributed by atoms with E-state index in [0.29, 0.717) is 42.3 Å². The highest BCUT2D eigenvalue weighted by Gasteiger charge is 2.32.